The van der Waals surface area contributed by atoms with Gasteiger partial charge >= 0.3 is 0 Å². The Balaban J connectivity index is 1.39. The van der Waals surface area contributed by atoms with Gasteiger partial charge in [0.1, 0.15) is 18.7 Å². The molecule has 9 heteroatoms. The van der Waals surface area contributed by atoms with Crippen molar-refractivity contribution in [3.8, 4) is 11.8 Å². The maximum atomic E-state index is 14.1. The lowest BCUT2D eigenvalue weighted by atomic mass is 9.95. The van der Waals surface area contributed by atoms with E-state index in [-0.39, 0.29) is 18.0 Å². The summed E-state index contributed by atoms with van der Waals surface area (Å²) in [7, 11) is 1.96. The van der Waals surface area contributed by atoms with Crippen LogP contribution in [-0.4, -0.2) is 90.4 Å². The number of nitrogens with zero attached hydrogens (tertiary/aromatic N) is 5. The van der Waals surface area contributed by atoms with E-state index in [9.17, 15) is 13.6 Å². The number of piperazine rings is 1. The van der Waals surface area contributed by atoms with Gasteiger partial charge in [0.2, 0.25) is 11.9 Å². The van der Waals surface area contributed by atoms with Crippen LogP contribution in [0.25, 0.3) is 10.8 Å². The molecule has 1 N–H and O–H groups in total. The average Bonchev–Trinajstić information content (AvgIpc) is 3.43. The number of halogens is 2. The van der Waals surface area contributed by atoms with E-state index in [1.807, 2.05) is 11.9 Å². The van der Waals surface area contributed by atoms with Gasteiger partial charge in [-0.25, -0.2) is 13.8 Å². The molecule has 256 valence electrons. The van der Waals surface area contributed by atoms with Gasteiger partial charge in [0, 0.05) is 56.8 Å². The van der Waals surface area contributed by atoms with E-state index >= 15 is 0 Å². The lowest BCUT2D eigenvalue weighted by Gasteiger charge is -2.41. The molecule has 7 nitrogen and oxygen atoms in total. The van der Waals surface area contributed by atoms with Crippen LogP contribution in [0.15, 0.2) is 48.6 Å². The zero-order valence-corrected chi connectivity index (χ0v) is 28.9. The van der Waals surface area contributed by atoms with Crippen LogP contribution in [0, 0.1) is 18.8 Å². The Hall–Kier alpha value is -4.03. The summed E-state index contributed by atoms with van der Waals surface area (Å²) >= 11 is 0. The van der Waals surface area contributed by atoms with Gasteiger partial charge in [-0.15, -0.1) is 11.8 Å². The Morgan fingerprint density at radius 2 is 1.88 bits per heavy atom. The van der Waals surface area contributed by atoms with E-state index in [0.29, 0.717) is 51.5 Å². The quantitative estimate of drug-likeness (QED) is 0.129. The van der Waals surface area contributed by atoms with Crippen molar-refractivity contribution in [1.29, 1.82) is 0 Å². The highest BCUT2D eigenvalue weighted by Crippen LogP contribution is 2.30. The molecule has 3 aromatic rings. The largest absolute Gasteiger partial charge is 0.353 e. The van der Waals surface area contributed by atoms with Crippen molar-refractivity contribution in [3.05, 3.63) is 70.9 Å². The lowest BCUT2D eigenvalue weighted by Crippen LogP contribution is -2.55. The molecule has 5 rings (SSSR count). The van der Waals surface area contributed by atoms with Crippen molar-refractivity contribution < 1.29 is 13.6 Å². The summed E-state index contributed by atoms with van der Waals surface area (Å²) in [4.78, 5) is 29.2. The Morgan fingerprint density at radius 3 is 2.60 bits per heavy atom. The molecule has 2 aliphatic rings. The number of carbonyl (C=O) groups is 1. The molecule has 0 spiro atoms. The van der Waals surface area contributed by atoms with Crippen LogP contribution in [0.4, 0.5) is 20.5 Å². The first kappa shape index (κ1) is 35.3. The predicted molar refractivity (Wildman–Crippen MR) is 192 cm³/mol. The van der Waals surface area contributed by atoms with E-state index < -0.39 is 12.8 Å². The van der Waals surface area contributed by atoms with Crippen LogP contribution >= 0.6 is 0 Å². The normalized spacial score (nSPS) is 20.0. The minimum Gasteiger partial charge on any atom is -0.353 e. The molecule has 1 amide bonds. The number of alkyl halides is 2. The van der Waals surface area contributed by atoms with Gasteiger partial charge < -0.3 is 15.1 Å². The molecule has 0 saturated carbocycles. The van der Waals surface area contributed by atoms with Crippen molar-refractivity contribution in [2.75, 3.05) is 56.7 Å². The molecule has 0 aliphatic carbocycles. The molecule has 2 aliphatic heterocycles. The summed E-state index contributed by atoms with van der Waals surface area (Å²) < 4.78 is 26.9. The van der Waals surface area contributed by atoms with Crippen molar-refractivity contribution in [1.82, 2.24) is 19.8 Å². The first-order valence-corrected chi connectivity index (χ1v) is 17.5. The van der Waals surface area contributed by atoms with E-state index in [2.05, 4.69) is 77.2 Å². The highest BCUT2D eigenvalue weighted by atomic mass is 19.1. The summed E-state index contributed by atoms with van der Waals surface area (Å²) in [6.45, 7) is 8.12. The molecule has 2 aromatic carbocycles. The number of nitrogens with one attached hydrogen (secondary N) is 1. The van der Waals surface area contributed by atoms with E-state index in [4.69, 9.17) is 9.97 Å². The number of likely N-dealkylation sites (N-methyl/N-ethyl adjacent to an activating group) is 1. The topological polar surface area (TPSA) is 64.6 Å². The standard InChI is InChI=1S/C39H50F2N6O/c1-5-7-18-32-27-46(22-23-47(32)36(48)20-12-21-40)38-34(19-9-8-14-29-16-11-17-30-15-10-13-28(3)37(29)30)35(6-2)43-39(44-38)42-25-33-24-31(41)26-45(33)4/h10-13,15-17,20,31-33H,6,8-9,14,18-19,21-27H2,1-4H3,(H,42,43,44)/b20-12+/t31-,32?,33+/m1/s1. The number of aromatic nitrogens is 2. The Morgan fingerprint density at radius 1 is 1.08 bits per heavy atom. The van der Waals surface area contributed by atoms with Crippen LogP contribution in [0.1, 0.15) is 61.9 Å². The molecule has 2 saturated heterocycles. The number of allylic oxidation sites excluding steroid dienone is 1. The maximum Gasteiger partial charge on any atom is 0.246 e. The molecule has 2 fully saturated rings. The number of aryl methyl sites for hydroxylation is 3. The van der Waals surface area contributed by atoms with Gasteiger partial charge in [0.25, 0.3) is 0 Å². The van der Waals surface area contributed by atoms with Gasteiger partial charge in [-0.3, -0.25) is 9.69 Å². The third-order valence-corrected chi connectivity index (χ3v) is 9.79. The molecule has 3 atom stereocenters. The highest BCUT2D eigenvalue weighted by Gasteiger charge is 2.32. The summed E-state index contributed by atoms with van der Waals surface area (Å²) in [5.41, 5.74) is 4.85. The number of rotatable bonds is 13. The third kappa shape index (κ3) is 8.51. The minimum absolute atomic E-state index is 0.0819. The highest BCUT2D eigenvalue weighted by molar-refractivity contribution is 5.89. The van der Waals surface area contributed by atoms with Gasteiger partial charge in [-0.05, 0) is 87.4 Å². The Kier molecular flexibility index (Phi) is 12.4. The summed E-state index contributed by atoms with van der Waals surface area (Å²) in [5, 5.41) is 6.08. The number of fused-ring (bicyclic) bond motifs is 1. The molecule has 0 bridgehead atoms. The van der Waals surface area contributed by atoms with Gasteiger partial charge in [0.05, 0.1) is 11.7 Å². The first-order chi connectivity index (χ1) is 23.3. The van der Waals surface area contributed by atoms with Crippen LogP contribution in [0.3, 0.4) is 0 Å². The number of amides is 1. The van der Waals surface area contributed by atoms with E-state index in [1.54, 1.807) is 6.92 Å². The van der Waals surface area contributed by atoms with Crippen molar-refractivity contribution >= 4 is 28.4 Å². The third-order valence-electron chi connectivity index (χ3n) is 9.79. The zero-order valence-electron chi connectivity index (χ0n) is 28.9. The molecular formula is C39H50F2N6O. The lowest BCUT2D eigenvalue weighted by molar-refractivity contribution is -0.128. The second-order valence-electron chi connectivity index (χ2n) is 13.1. The molecule has 48 heavy (non-hydrogen) atoms. The predicted octanol–water partition coefficient (Wildman–Crippen LogP) is 6.48. The number of hydrogen-bond donors (Lipinski definition) is 1. The van der Waals surface area contributed by atoms with Crippen LogP contribution in [0.2, 0.25) is 0 Å². The summed E-state index contributed by atoms with van der Waals surface area (Å²) in [6, 6.07) is 13.0. The second-order valence-corrected chi connectivity index (χ2v) is 13.1. The number of benzene rings is 2. The number of anilines is 2. The van der Waals surface area contributed by atoms with Gasteiger partial charge in [0.15, 0.2) is 0 Å². The fraction of sp³-hybridized carbons (Fsp3) is 0.513. The van der Waals surface area contributed by atoms with E-state index in [0.717, 1.165) is 49.2 Å². The maximum absolute atomic E-state index is 14.1. The fourth-order valence-electron chi connectivity index (χ4n) is 7.28. The smallest absolute Gasteiger partial charge is 0.246 e. The molecule has 1 aromatic heterocycles. The van der Waals surface area contributed by atoms with E-state index in [1.165, 1.54) is 34.1 Å². The zero-order chi connectivity index (χ0) is 34.0. The molecule has 3 heterocycles. The fourth-order valence-corrected chi connectivity index (χ4v) is 7.28. The van der Waals surface area contributed by atoms with Crippen LogP contribution in [0.5, 0.6) is 0 Å². The van der Waals surface area contributed by atoms with Crippen molar-refractivity contribution in [3.63, 3.8) is 0 Å². The second kappa shape index (κ2) is 16.9. The Labute approximate surface area is 284 Å². The minimum atomic E-state index is -0.813. The molecule has 1 unspecified atom stereocenters. The monoisotopic (exact) mass is 656 g/mol. The number of unbranched alkanes of at least 4 members (excludes halogenated alkanes) is 1. The molecular weight excluding hydrogens is 606 g/mol. The van der Waals surface area contributed by atoms with Crippen molar-refractivity contribution in [2.24, 2.45) is 0 Å². The molecule has 0 radical (unpaired) electrons. The van der Waals surface area contributed by atoms with Crippen LogP contribution < -0.4 is 10.2 Å². The number of carbonyl (C=O) groups excluding carboxylic acids is 1. The first-order valence-electron chi connectivity index (χ1n) is 17.5. The SMILES string of the molecule is CC#CCC1CN(c2nc(NC[C@@H]3C[C@@H](F)CN3C)nc(CC)c2CCCCc2cccc3cccc(C)c23)CCN1C(=O)/C=C/CF. The Bertz CT molecular complexity index is 1640. The van der Waals surface area contributed by atoms with Gasteiger partial charge in [-0.1, -0.05) is 43.3 Å². The average molecular weight is 657 g/mol. The summed E-state index contributed by atoms with van der Waals surface area (Å²) in [6.07, 6.45) is 7.42. The summed E-state index contributed by atoms with van der Waals surface area (Å²) in [5.74, 6) is 7.40. The number of hydrogen-bond acceptors (Lipinski definition) is 6. The van der Waals surface area contributed by atoms with Gasteiger partial charge in [-0.2, -0.15) is 4.98 Å². The van der Waals surface area contributed by atoms with Crippen LogP contribution in [-0.2, 0) is 24.1 Å². The van der Waals surface area contributed by atoms with Crippen molar-refractivity contribution in [2.45, 2.75) is 84.0 Å². The number of likely N-dealkylation sites (tertiary alicyclic amines) is 1.